The number of rotatable bonds is 6. The molecule has 0 amide bonds. The number of benzene rings is 1. The summed E-state index contributed by atoms with van der Waals surface area (Å²) in [5.41, 5.74) is -0.254. The van der Waals surface area contributed by atoms with Crippen LogP contribution in [0.1, 0.15) is 21.6 Å². The van der Waals surface area contributed by atoms with E-state index in [1.165, 1.54) is 19.2 Å². The number of ketones is 1. The van der Waals surface area contributed by atoms with E-state index < -0.39 is 11.7 Å². The minimum absolute atomic E-state index is 0.140. The van der Waals surface area contributed by atoms with Gasteiger partial charge in [0.05, 0.1) is 29.3 Å². The monoisotopic (exact) mass is 403 g/mol. The molecule has 0 N–H and O–H groups in total. The van der Waals surface area contributed by atoms with Crippen molar-refractivity contribution in [2.24, 2.45) is 0 Å². The Bertz CT molecular complexity index is 735. The quantitative estimate of drug-likeness (QED) is 0.533. The number of hydrogen-bond donors (Lipinski definition) is 0. The molecule has 0 unspecified atom stereocenters. The summed E-state index contributed by atoms with van der Waals surface area (Å²) in [4.78, 5) is 15.6. The number of nitrogens with zero attached hydrogens (tertiary/aromatic N) is 1. The van der Waals surface area contributed by atoms with E-state index >= 15 is 0 Å². The topological polar surface area (TPSA) is 48.4 Å². The Morgan fingerprint density at radius 3 is 2.62 bits per heavy atom. The largest absolute Gasteiger partial charge is 0.496 e. The standard InChI is InChI=1S/C16H13BrF3NO3/c1-23-15-7-12(2-3-13(15)14(22)8-17)24-9-11-6-10(4-5-21-11)16(18,19)20/h2-7H,8-9H2,1H3. The average molecular weight is 404 g/mol. The fraction of sp³-hybridized carbons (Fsp3) is 0.250. The number of carbonyl (C=O) groups is 1. The van der Waals surface area contributed by atoms with Gasteiger partial charge in [0.25, 0.3) is 0 Å². The van der Waals surface area contributed by atoms with Gasteiger partial charge < -0.3 is 9.47 Å². The maximum absolute atomic E-state index is 12.7. The lowest BCUT2D eigenvalue weighted by atomic mass is 10.1. The maximum atomic E-state index is 12.7. The van der Waals surface area contributed by atoms with Crippen LogP contribution in [0.25, 0.3) is 0 Å². The molecule has 0 bridgehead atoms. The molecule has 0 saturated heterocycles. The first-order valence-corrected chi connectivity index (χ1v) is 7.89. The highest BCUT2D eigenvalue weighted by molar-refractivity contribution is 9.09. The maximum Gasteiger partial charge on any atom is 0.416 e. The van der Waals surface area contributed by atoms with Gasteiger partial charge in [-0.2, -0.15) is 13.2 Å². The molecule has 128 valence electrons. The summed E-state index contributed by atoms with van der Waals surface area (Å²) in [6.45, 7) is -0.140. The van der Waals surface area contributed by atoms with Gasteiger partial charge in [-0.25, -0.2) is 0 Å². The molecule has 2 aromatic rings. The molecule has 8 heteroatoms. The van der Waals surface area contributed by atoms with E-state index in [4.69, 9.17) is 9.47 Å². The molecular formula is C16H13BrF3NO3. The minimum atomic E-state index is -4.43. The van der Waals surface area contributed by atoms with Crippen LogP contribution < -0.4 is 9.47 Å². The number of aromatic nitrogens is 1. The molecule has 0 aliphatic heterocycles. The molecule has 0 atom stereocenters. The number of methoxy groups -OCH3 is 1. The lowest BCUT2D eigenvalue weighted by Gasteiger charge is -2.11. The molecule has 4 nitrogen and oxygen atoms in total. The van der Waals surface area contributed by atoms with Crippen molar-refractivity contribution in [2.45, 2.75) is 12.8 Å². The lowest BCUT2D eigenvalue weighted by Crippen LogP contribution is -2.08. The van der Waals surface area contributed by atoms with Crippen molar-refractivity contribution in [3.8, 4) is 11.5 Å². The van der Waals surface area contributed by atoms with Crippen LogP contribution in [0.5, 0.6) is 11.5 Å². The highest BCUT2D eigenvalue weighted by Crippen LogP contribution is 2.30. The summed E-state index contributed by atoms with van der Waals surface area (Å²) in [6, 6.07) is 6.42. The van der Waals surface area contributed by atoms with E-state index in [2.05, 4.69) is 20.9 Å². The van der Waals surface area contributed by atoms with Crippen molar-refractivity contribution in [2.75, 3.05) is 12.4 Å². The predicted molar refractivity (Wildman–Crippen MR) is 84.7 cm³/mol. The van der Waals surface area contributed by atoms with Crippen LogP contribution in [0.4, 0.5) is 13.2 Å². The van der Waals surface area contributed by atoms with Crippen molar-refractivity contribution in [3.63, 3.8) is 0 Å². The Hall–Kier alpha value is -2.09. The van der Waals surface area contributed by atoms with Gasteiger partial charge in [0.2, 0.25) is 0 Å². The Labute approximate surface area is 144 Å². The zero-order chi connectivity index (χ0) is 17.7. The summed E-state index contributed by atoms with van der Waals surface area (Å²) >= 11 is 3.08. The van der Waals surface area contributed by atoms with Gasteiger partial charge >= 0.3 is 6.18 Å². The smallest absolute Gasteiger partial charge is 0.416 e. The van der Waals surface area contributed by atoms with Gasteiger partial charge in [0.1, 0.15) is 18.1 Å². The van der Waals surface area contributed by atoms with Gasteiger partial charge in [-0.1, -0.05) is 15.9 Å². The first kappa shape index (κ1) is 18.3. The van der Waals surface area contributed by atoms with Crippen molar-refractivity contribution in [3.05, 3.63) is 53.3 Å². The number of ether oxygens (including phenoxy) is 2. The first-order valence-electron chi connectivity index (χ1n) is 6.77. The van der Waals surface area contributed by atoms with Crippen molar-refractivity contribution in [1.29, 1.82) is 0 Å². The van der Waals surface area contributed by atoms with E-state index in [0.717, 1.165) is 18.3 Å². The summed E-state index contributed by atoms with van der Waals surface area (Å²) in [5.74, 6) is 0.532. The molecule has 0 aliphatic carbocycles. The number of carbonyl (C=O) groups excluding carboxylic acids is 1. The zero-order valence-electron chi connectivity index (χ0n) is 12.6. The van der Waals surface area contributed by atoms with Gasteiger partial charge in [0, 0.05) is 12.3 Å². The van der Waals surface area contributed by atoms with Crippen LogP contribution in [-0.4, -0.2) is 23.2 Å². The van der Waals surface area contributed by atoms with E-state index in [9.17, 15) is 18.0 Å². The third-order valence-corrected chi connectivity index (χ3v) is 3.63. The molecule has 2 rings (SSSR count). The molecular weight excluding hydrogens is 391 g/mol. The van der Waals surface area contributed by atoms with Crippen molar-refractivity contribution in [1.82, 2.24) is 4.98 Å². The van der Waals surface area contributed by atoms with E-state index in [1.54, 1.807) is 6.07 Å². The molecule has 0 spiro atoms. The first-order chi connectivity index (χ1) is 11.3. The summed E-state index contributed by atoms with van der Waals surface area (Å²) in [5, 5.41) is 0.151. The van der Waals surface area contributed by atoms with Crippen molar-refractivity contribution >= 4 is 21.7 Å². The molecule has 0 fully saturated rings. The predicted octanol–water partition coefficient (Wildman–Crippen LogP) is 4.27. The van der Waals surface area contributed by atoms with E-state index in [1.807, 2.05) is 0 Å². The van der Waals surface area contributed by atoms with E-state index in [0.29, 0.717) is 17.1 Å². The zero-order valence-corrected chi connectivity index (χ0v) is 14.1. The van der Waals surface area contributed by atoms with Gasteiger partial charge in [-0.3, -0.25) is 9.78 Å². The van der Waals surface area contributed by atoms with Gasteiger partial charge in [-0.15, -0.1) is 0 Å². The summed E-state index contributed by atoms with van der Waals surface area (Å²) in [7, 11) is 1.42. The number of alkyl halides is 4. The highest BCUT2D eigenvalue weighted by atomic mass is 79.9. The number of pyridine rings is 1. The van der Waals surface area contributed by atoms with Crippen molar-refractivity contribution < 1.29 is 27.4 Å². The van der Waals surface area contributed by atoms with E-state index in [-0.39, 0.29) is 23.4 Å². The van der Waals surface area contributed by atoms with Gasteiger partial charge in [0.15, 0.2) is 5.78 Å². The summed E-state index contributed by atoms with van der Waals surface area (Å²) in [6.07, 6.45) is -3.35. The van der Waals surface area contributed by atoms with Crippen LogP contribution in [-0.2, 0) is 12.8 Å². The molecule has 0 radical (unpaired) electrons. The second kappa shape index (κ2) is 7.65. The van der Waals surface area contributed by atoms with Crippen LogP contribution >= 0.6 is 15.9 Å². The Morgan fingerprint density at radius 1 is 1.25 bits per heavy atom. The minimum Gasteiger partial charge on any atom is -0.496 e. The number of Topliss-reactive ketones (excluding diaryl/α,β-unsaturated/α-hetero) is 1. The van der Waals surface area contributed by atoms with Crippen LogP contribution in [0.2, 0.25) is 0 Å². The Morgan fingerprint density at radius 2 is 2.00 bits per heavy atom. The van der Waals surface area contributed by atoms with Crippen LogP contribution in [0, 0.1) is 0 Å². The number of halogens is 4. The van der Waals surface area contributed by atoms with Crippen LogP contribution in [0.3, 0.4) is 0 Å². The lowest BCUT2D eigenvalue weighted by molar-refractivity contribution is -0.137. The molecule has 1 aromatic carbocycles. The molecule has 1 aromatic heterocycles. The molecule has 0 aliphatic rings. The normalized spacial score (nSPS) is 11.2. The Kier molecular flexibility index (Phi) is 5.82. The number of hydrogen-bond acceptors (Lipinski definition) is 4. The second-order valence-electron chi connectivity index (χ2n) is 4.74. The Balaban J connectivity index is 2.14. The second-order valence-corrected chi connectivity index (χ2v) is 5.30. The fourth-order valence-electron chi connectivity index (χ4n) is 1.95. The SMILES string of the molecule is COc1cc(OCc2cc(C(F)(F)F)ccn2)ccc1C(=O)CBr. The highest BCUT2D eigenvalue weighted by Gasteiger charge is 2.30. The van der Waals surface area contributed by atoms with Crippen LogP contribution in [0.15, 0.2) is 36.5 Å². The van der Waals surface area contributed by atoms with Gasteiger partial charge in [-0.05, 0) is 24.3 Å². The molecule has 1 heterocycles. The fourth-order valence-corrected chi connectivity index (χ4v) is 2.26. The third-order valence-electron chi connectivity index (χ3n) is 3.13. The average Bonchev–Trinajstić information content (AvgIpc) is 2.58. The molecule has 24 heavy (non-hydrogen) atoms. The third kappa shape index (κ3) is 4.47. The molecule has 0 saturated carbocycles. The summed E-state index contributed by atoms with van der Waals surface area (Å²) < 4.78 is 48.6.